The summed E-state index contributed by atoms with van der Waals surface area (Å²) in [6, 6.07) is 3.84. The molecule has 0 aliphatic rings. The normalized spacial score (nSPS) is 16.4. The first-order valence-electron chi connectivity index (χ1n) is 4.76. The molecule has 0 aliphatic heterocycles. The van der Waals surface area contributed by atoms with Crippen molar-refractivity contribution in [2.75, 3.05) is 13.6 Å². The van der Waals surface area contributed by atoms with Crippen LogP contribution in [-0.2, 0) is 0 Å². The summed E-state index contributed by atoms with van der Waals surface area (Å²) < 4.78 is 37.0. The summed E-state index contributed by atoms with van der Waals surface area (Å²) in [6.45, 7) is 1.85. The Labute approximate surface area is 105 Å². The summed E-state index contributed by atoms with van der Waals surface area (Å²) >= 11 is 4.22. The van der Waals surface area contributed by atoms with Gasteiger partial charge < -0.3 is 0 Å². The summed E-state index contributed by atoms with van der Waals surface area (Å²) in [5.41, 5.74) is 0. The molecule has 0 aromatic carbocycles. The molecular weight excluding hydrogens is 303 g/mol. The average Bonchev–Trinajstić information content (AvgIpc) is 2.67. The number of thiophene rings is 1. The maximum absolute atomic E-state index is 12.3. The number of nitrogens with zero attached hydrogens (tertiary/aromatic N) is 1. The fourth-order valence-electron chi connectivity index (χ4n) is 1.26. The highest BCUT2D eigenvalue weighted by atomic mass is 79.9. The minimum absolute atomic E-state index is 0.00222. The van der Waals surface area contributed by atoms with Gasteiger partial charge in [0, 0.05) is 17.5 Å². The van der Waals surface area contributed by atoms with E-state index in [0.717, 1.165) is 4.88 Å². The summed E-state index contributed by atoms with van der Waals surface area (Å²) in [4.78, 5) is 1.29. The molecule has 1 rings (SSSR count). The second-order valence-electron chi connectivity index (χ2n) is 3.64. The SMILES string of the molecule is CC(c1cccs1)N(C)CC(Br)C(F)(F)F. The maximum Gasteiger partial charge on any atom is 0.402 e. The molecule has 0 saturated heterocycles. The number of hydrogen-bond donors (Lipinski definition) is 0. The van der Waals surface area contributed by atoms with Gasteiger partial charge in [0.05, 0.1) is 0 Å². The van der Waals surface area contributed by atoms with Crippen molar-refractivity contribution in [2.24, 2.45) is 0 Å². The van der Waals surface area contributed by atoms with Gasteiger partial charge in [-0.2, -0.15) is 13.2 Å². The van der Waals surface area contributed by atoms with Crippen LogP contribution in [-0.4, -0.2) is 29.5 Å². The van der Waals surface area contributed by atoms with Crippen LogP contribution < -0.4 is 0 Å². The molecule has 0 radical (unpaired) electrons. The smallest absolute Gasteiger partial charge is 0.297 e. The number of rotatable bonds is 4. The fraction of sp³-hybridized carbons (Fsp3) is 0.600. The van der Waals surface area contributed by atoms with E-state index in [0.29, 0.717) is 0 Å². The van der Waals surface area contributed by atoms with E-state index >= 15 is 0 Å². The number of hydrogen-bond acceptors (Lipinski definition) is 2. The van der Waals surface area contributed by atoms with Gasteiger partial charge in [-0.1, -0.05) is 22.0 Å². The molecule has 0 amide bonds. The van der Waals surface area contributed by atoms with Crippen LogP contribution in [0.5, 0.6) is 0 Å². The Kier molecular flexibility index (Phi) is 4.82. The maximum atomic E-state index is 12.3. The van der Waals surface area contributed by atoms with Gasteiger partial charge in [0.25, 0.3) is 0 Å². The molecule has 1 aromatic heterocycles. The lowest BCUT2D eigenvalue weighted by Crippen LogP contribution is -2.36. The van der Waals surface area contributed by atoms with Crippen molar-refractivity contribution in [3.05, 3.63) is 22.4 Å². The molecule has 0 aliphatic carbocycles. The highest BCUT2D eigenvalue weighted by Gasteiger charge is 2.38. The zero-order valence-corrected chi connectivity index (χ0v) is 11.4. The number of alkyl halides is 4. The van der Waals surface area contributed by atoms with E-state index in [-0.39, 0.29) is 12.6 Å². The lowest BCUT2D eigenvalue weighted by molar-refractivity contribution is -0.130. The lowest BCUT2D eigenvalue weighted by atomic mass is 10.2. The van der Waals surface area contributed by atoms with Crippen LogP contribution in [0.2, 0.25) is 0 Å². The first-order chi connectivity index (χ1) is 7.32. The minimum atomic E-state index is -4.19. The average molecular weight is 316 g/mol. The Morgan fingerprint density at radius 1 is 1.50 bits per heavy atom. The van der Waals surface area contributed by atoms with Crippen LogP contribution in [0.4, 0.5) is 13.2 Å². The summed E-state index contributed by atoms with van der Waals surface area (Å²) in [6.07, 6.45) is -4.19. The van der Waals surface area contributed by atoms with Crippen LogP contribution in [0, 0.1) is 0 Å². The molecule has 92 valence electrons. The Morgan fingerprint density at radius 2 is 2.12 bits per heavy atom. The third-order valence-corrected chi connectivity index (χ3v) is 4.27. The zero-order valence-electron chi connectivity index (χ0n) is 8.96. The Hall–Kier alpha value is -0.0700. The monoisotopic (exact) mass is 315 g/mol. The molecule has 0 saturated carbocycles. The molecule has 1 nitrogen and oxygen atoms in total. The predicted molar refractivity (Wildman–Crippen MR) is 64.1 cm³/mol. The highest BCUT2D eigenvalue weighted by Crippen LogP contribution is 2.30. The van der Waals surface area contributed by atoms with E-state index in [1.807, 2.05) is 24.4 Å². The van der Waals surface area contributed by atoms with Crippen LogP contribution in [0.1, 0.15) is 17.8 Å². The third kappa shape index (κ3) is 3.75. The van der Waals surface area contributed by atoms with Crippen LogP contribution in [0.3, 0.4) is 0 Å². The van der Waals surface area contributed by atoms with Crippen molar-refractivity contribution in [1.29, 1.82) is 0 Å². The van der Waals surface area contributed by atoms with Gasteiger partial charge in [-0.05, 0) is 25.4 Å². The van der Waals surface area contributed by atoms with E-state index in [1.165, 1.54) is 0 Å². The molecule has 0 bridgehead atoms. The van der Waals surface area contributed by atoms with Gasteiger partial charge in [-0.3, -0.25) is 4.90 Å². The van der Waals surface area contributed by atoms with E-state index in [9.17, 15) is 13.2 Å². The van der Waals surface area contributed by atoms with E-state index < -0.39 is 11.0 Å². The lowest BCUT2D eigenvalue weighted by Gasteiger charge is -2.27. The molecule has 0 spiro atoms. The minimum Gasteiger partial charge on any atom is -0.297 e. The molecule has 0 N–H and O–H groups in total. The van der Waals surface area contributed by atoms with Crippen molar-refractivity contribution in [1.82, 2.24) is 4.90 Å². The van der Waals surface area contributed by atoms with Crippen molar-refractivity contribution >= 4 is 27.3 Å². The van der Waals surface area contributed by atoms with Gasteiger partial charge in [-0.15, -0.1) is 11.3 Å². The Balaban J connectivity index is 2.56. The molecule has 6 heteroatoms. The molecule has 0 fully saturated rings. The molecule has 1 aromatic rings. The van der Waals surface area contributed by atoms with Crippen molar-refractivity contribution in [3.8, 4) is 0 Å². The van der Waals surface area contributed by atoms with E-state index in [2.05, 4.69) is 15.9 Å². The Bertz CT molecular complexity index is 312. The van der Waals surface area contributed by atoms with Crippen LogP contribution >= 0.6 is 27.3 Å². The highest BCUT2D eigenvalue weighted by molar-refractivity contribution is 9.09. The molecule has 2 unspecified atom stereocenters. The van der Waals surface area contributed by atoms with Crippen LogP contribution in [0.25, 0.3) is 0 Å². The van der Waals surface area contributed by atoms with Crippen molar-refractivity contribution < 1.29 is 13.2 Å². The van der Waals surface area contributed by atoms with Crippen molar-refractivity contribution in [3.63, 3.8) is 0 Å². The van der Waals surface area contributed by atoms with E-state index in [4.69, 9.17) is 0 Å². The first-order valence-corrected chi connectivity index (χ1v) is 6.56. The second kappa shape index (κ2) is 5.51. The molecule has 16 heavy (non-hydrogen) atoms. The largest absolute Gasteiger partial charge is 0.402 e. The second-order valence-corrected chi connectivity index (χ2v) is 5.72. The number of halogens is 4. The summed E-state index contributed by atoms with van der Waals surface area (Å²) in [5.74, 6) is 0. The molecule has 2 atom stereocenters. The van der Waals surface area contributed by atoms with Gasteiger partial charge in [0.2, 0.25) is 0 Å². The van der Waals surface area contributed by atoms with Crippen LogP contribution in [0.15, 0.2) is 17.5 Å². The van der Waals surface area contributed by atoms with Gasteiger partial charge in [0.15, 0.2) is 0 Å². The Morgan fingerprint density at radius 3 is 2.56 bits per heavy atom. The van der Waals surface area contributed by atoms with Gasteiger partial charge in [0.1, 0.15) is 4.83 Å². The fourth-order valence-corrected chi connectivity index (χ4v) is 2.57. The van der Waals surface area contributed by atoms with Gasteiger partial charge >= 0.3 is 6.18 Å². The topological polar surface area (TPSA) is 3.24 Å². The quantitative estimate of drug-likeness (QED) is 0.757. The first kappa shape index (κ1) is 14.0. The summed E-state index contributed by atoms with van der Waals surface area (Å²) in [7, 11) is 1.70. The third-order valence-electron chi connectivity index (χ3n) is 2.42. The summed E-state index contributed by atoms with van der Waals surface area (Å²) in [5, 5.41) is 1.93. The van der Waals surface area contributed by atoms with Gasteiger partial charge in [-0.25, -0.2) is 0 Å². The van der Waals surface area contributed by atoms with Crippen molar-refractivity contribution in [2.45, 2.75) is 24.0 Å². The molecular formula is C10H13BrF3NS. The molecule has 1 heterocycles. The standard InChI is InChI=1S/C10H13BrF3NS/c1-7(8-4-3-5-16-8)15(2)6-9(11)10(12,13)14/h3-5,7,9H,6H2,1-2H3. The van der Waals surface area contributed by atoms with E-state index in [1.54, 1.807) is 23.3 Å². The zero-order chi connectivity index (χ0) is 12.3. The predicted octanol–water partition coefficient (Wildman–Crippen LogP) is 4.07.